The van der Waals surface area contributed by atoms with Gasteiger partial charge in [-0.25, -0.2) is 0 Å². The molecule has 0 saturated heterocycles. The number of esters is 2. The van der Waals surface area contributed by atoms with Crippen LogP contribution in [0.1, 0.15) is 207 Å². The summed E-state index contributed by atoms with van der Waals surface area (Å²) >= 11 is 0. The Morgan fingerprint density at radius 3 is 1.43 bits per heavy atom. The summed E-state index contributed by atoms with van der Waals surface area (Å²) in [4.78, 5) is 26.7. The van der Waals surface area contributed by atoms with E-state index in [1.807, 2.05) is 0 Å². The minimum Gasteiger partial charge on any atom is -0.466 e. The van der Waals surface area contributed by atoms with Crippen molar-refractivity contribution in [3.05, 3.63) is 0 Å². The van der Waals surface area contributed by atoms with Crippen LogP contribution in [0.4, 0.5) is 0 Å². The summed E-state index contributed by atoms with van der Waals surface area (Å²) in [6.45, 7) is 10.1. The SMILES string of the molecule is CCCCCCCCC(CCCCCCCC)OC(=O)CCCCN(CCO)CCCCCCCCCCCC(=O)OCCCC. The van der Waals surface area contributed by atoms with Crippen molar-refractivity contribution in [2.24, 2.45) is 0 Å². The van der Waals surface area contributed by atoms with Crippen molar-refractivity contribution in [2.45, 2.75) is 213 Å². The van der Waals surface area contributed by atoms with Gasteiger partial charge in [-0.3, -0.25) is 9.59 Å². The normalized spacial score (nSPS) is 11.5. The van der Waals surface area contributed by atoms with Crippen LogP contribution in [0, 0.1) is 0 Å². The highest BCUT2D eigenvalue weighted by Crippen LogP contribution is 2.18. The lowest BCUT2D eigenvalue weighted by atomic mass is 10.0. The number of nitrogens with zero attached hydrogens (tertiary/aromatic N) is 1. The monoisotopic (exact) mass is 654 g/mol. The van der Waals surface area contributed by atoms with Crippen LogP contribution >= 0.6 is 0 Å². The highest BCUT2D eigenvalue weighted by molar-refractivity contribution is 5.69. The third-order valence-corrected chi connectivity index (χ3v) is 9.20. The van der Waals surface area contributed by atoms with Crippen LogP contribution in [0.3, 0.4) is 0 Å². The maximum absolute atomic E-state index is 12.7. The zero-order valence-electron chi connectivity index (χ0n) is 31.1. The zero-order valence-corrected chi connectivity index (χ0v) is 31.1. The molecule has 0 bridgehead atoms. The molecule has 0 atom stereocenters. The summed E-state index contributed by atoms with van der Waals surface area (Å²) in [5, 5.41) is 9.54. The molecule has 0 heterocycles. The minimum atomic E-state index is -0.0347. The Morgan fingerprint density at radius 1 is 0.500 bits per heavy atom. The van der Waals surface area contributed by atoms with E-state index in [-0.39, 0.29) is 24.6 Å². The molecule has 1 N–H and O–H groups in total. The van der Waals surface area contributed by atoms with E-state index in [0.717, 1.165) is 71.0 Å². The Kier molecular flexibility index (Phi) is 35.8. The third-order valence-electron chi connectivity index (χ3n) is 9.20. The molecule has 0 aliphatic rings. The molecule has 0 rings (SSSR count). The molecule has 0 amide bonds. The van der Waals surface area contributed by atoms with Crippen molar-refractivity contribution in [3.8, 4) is 0 Å². The van der Waals surface area contributed by atoms with Gasteiger partial charge >= 0.3 is 11.9 Å². The molecule has 0 aromatic heterocycles. The van der Waals surface area contributed by atoms with Crippen molar-refractivity contribution in [3.63, 3.8) is 0 Å². The fourth-order valence-electron chi connectivity index (χ4n) is 6.14. The number of aliphatic hydroxyl groups excluding tert-OH is 1. The number of aliphatic hydroxyl groups is 1. The molecule has 0 saturated carbocycles. The number of ether oxygens (including phenoxy) is 2. The van der Waals surface area contributed by atoms with E-state index in [9.17, 15) is 14.7 Å². The standard InChI is InChI=1S/C40H79NO5/c1-4-7-10-12-19-23-29-38(30-24-20-13-11-8-5-2)46-40(44)32-26-28-34-41(35-36-42)33-27-22-18-16-14-15-17-21-25-31-39(43)45-37-9-6-3/h38,42H,4-37H2,1-3H3. The zero-order chi connectivity index (χ0) is 33.8. The summed E-state index contributed by atoms with van der Waals surface area (Å²) in [6, 6.07) is 0. The fourth-order valence-corrected chi connectivity index (χ4v) is 6.14. The first-order valence-corrected chi connectivity index (χ1v) is 20.3. The van der Waals surface area contributed by atoms with Gasteiger partial charge < -0.3 is 19.5 Å². The van der Waals surface area contributed by atoms with Crippen molar-refractivity contribution in [1.82, 2.24) is 4.90 Å². The van der Waals surface area contributed by atoms with E-state index in [2.05, 4.69) is 25.7 Å². The van der Waals surface area contributed by atoms with E-state index >= 15 is 0 Å². The molecule has 0 aliphatic heterocycles. The van der Waals surface area contributed by atoms with E-state index in [4.69, 9.17) is 9.47 Å². The smallest absolute Gasteiger partial charge is 0.306 e. The molecule has 6 nitrogen and oxygen atoms in total. The maximum Gasteiger partial charge on any atom is 0.306 e. The van der Waals surface area contributed by atoms with Crippen LogP contribution in [0.25, 0.3) is 0 Å². The molecule has 46 heavy (non-hydrogen) atoms. The lowest BCUT2D eigenvalue weighted by Gasteiger charge is -2.21. The van der Waals surface area contributed by atoms with Crippen LogP contribution in [0.5, 0.6) is 0 Å². The van der Waals surface area contributed by atoms with Gasteiger partial charge in [0.1, 0.15) is 6.10 Å². The van der Waals surface area contributed by atoms with Crippen LogP contribution in [0.2, 0.25) is 0 Å². The van der Waals surface area contributed by atoms with Crippen LogP contribution in [0.15, 0.2) is 0 Å². The molecule has 0 aliphatic carbocycles. The van der Waals surface area contributed by atoms with Crippen LogP contribution in [-0.4, -0.2) is 60.9 Å². The molecule has 6 heteroatoms. The average Bonchev–Trinajstić information content (AvgIpc) is 3.04. The summed E-state index contributed by atoms with van der Waals surface area (Å²) in [5.41, 5.74) is 0. The van der Waals surface area contributed by atoms with Gasteiger partial charge in [0, 0.05) is 19.4 Å². The molecular weight excluding hydrogens is 574 g/mol. The van der Waals surface area contributed by atoms with Gasteiger partial charge in [0.05, 0.1) is 13.2 Å². The number of unbranched alkanes of at least 4 members (excludes halogenated alkanes) is 20. The molecule has 0 spiro atoms. The van der Waals surface area contributed by atoms with Crippen LogP contribution < -0.4 is 0 Å². The van der Waals surface area contributed by atoms with Gasteiger partial charge in [0.25, 0.3) is 0 Å². The summed E-state index contributed by atoms with van der Waals surface area (Å²) in [7, 11) is 0. The van der Waals surface area contributed by atoms with E-state index in [1.165, 1.54) is 122 Å². The molecule has 0 unspecified atom stereocenters. The van der Waals surface area contributed by atoms with Gasteiger partial charge in [-0.2, -0.15) is 0 Å². The van der Waals surface area contributed by atoms with Gasteiger partial charge in [-0.1, -0.05) is 136 Å². The van der Waals surface area contributed by atoms with Gasteiger partial charge in [0.15, 0.2) is 0 Å². The number of rotatable bonds is 37. The van der Waals surface area contributed by atoms with Gasteiger partial charge in [0.2, 0.25) is 0 Å². The quantitative estimate of drug-likeness (QED) is 0.0531. The predicted octanol–water partition coefficient (Wildman–Crippen LogP) is 11.1. The van der Waals surface area contributed by atoms with Crippen molar-refractivity contribution < 1.29 is 24.2 Å². The number of hydrogen-bond donors (Lipinski definition) is 1. The first kappa shape index (κ1) is 44.9. The molecular formula is C40H79NO5. The Balaban J connectivity index is 4.03. The van der Waals surface area contributed by atoms with Gasteiger partial charge in [-0.05, 0) is 70.9 Å². The summed E-state index contributed by atoms with van der Waals surface area (Å²) in [6.07, 6.45) is 33.2. The fraction of sp³-hybridized carbons (Fsp3) is 0.950. The summed E-state index contributed by atoms with van der Waals surface area (Å²) < 4.78 is 11.2. The average molecular weight is 654 g/mol. The van der Waals surface area contributed by atoms with Gasteiger partial charge in [-0.15, -0.1) is 0 Å². The lowest BCUT2D eigenvalue weighted by Crippen LogP contribution is -2.29. The Morgan fingerprint density at radius 2 is 0.913 bits per heavy atom. The van der Waals surface area contributed by atoms with Crippen molar-refractivity contribution in [1.29, 1.82) is 0 Å². The highest BCUT2D eigenvalue weighted by atomic mass is 16.5. The first-order valence-electron chi connectivity index (χ1n) is 20.3. The third kappa shape index (κ3) is 32.8. The van der Waals surface area contributed by atoms with E-state index < -0.39 is 0 Å². The number of carbonyl (C=O) groups is 2. The Hall–Kier alpha value is -1.14. The molecule has 0 aromatic carbocycles. The predicted molar refractivity (Wildman–Crippen MR) is 195 cm³/mol. The molecule has 0 fully saturated rings. The van der Waals surface area contributed by atoms with Crippen LogP contribution in [-0.2, 0) is 19.1 Å². The van der Waals surface area contributed by atoms with Crippen molar-refractivity contribution in [2.75, 3.05) is 32.8 Å². The Labute approximate surface area is 286 Å². The minimum absolute atomic E-state index is 0.0133. The molecule has 0 aromatic rings. The largest absolute Gasteiger partial charge is 0.466 e. The maximum atomic E-state index is 12.7. The first-order chi connectivity index (χ1) is 22.6. The highest BCUT2D eigenvalue weighted by Gasteiger charge is 2.15. The topological polar surface area (TPSA) is 76.1 Å². The molecule has 274 valence electrons. The second kappa shape index (κ2) is 36.7. The van der Waals surface area contributed by atoms with E-state index in [0.29, 0.717) is 19.4 Å². The number of hydrogen-bond acceptors (Lipinski definition) is 6. The molecule has 0 radical (unpaired) electrons. The second-order valence-electron chi connectivity index (χ2n) is 13.8. The Bertz CT molecular complexity index is 627. The second-order valence-corrected chi connectivity index (χ2v) is 13.8. The van der Waals surface area contributed by atoms with E-state index in [1.54, 1.807) is 0 Å². The lowest BCUT2D eigenvalue weighted by molar-refractivity contribution is -0.150. The number of carbonyl (C=O) groups excluding carboxylic acids is 2. The summed E-state index contributed by atoms with van der Waals surface area (Å²) in [5.74, 6) is -0.0481. The van der Waals surface area contributed by atoms with Crippen molar-refractivity contribution >= 4 is 11.9 Å².